The first kappa shape index (κ1) is 31.0. The van der Waals surface area contributed by atoms with E-state index in [1.165, 1.54) is 4.90 Å². The number of carbonyl (C=O) groups is 3. The van der Waals surface area contributed by atoms with Crippen LogP contribution < -0.4 is 21.3 Å². The standard InChI is InChI=1S/C23H29ClN4O4.C3H7NO2/c1-15-3-9-18(10-4-15)27(2)22(30)21-11-20(32-14-19(29)12-25)13-28(21)23(31)26-17-7-5-16(24)6-8-17;5-2-1-4-3-6/h3-10,19-21,29H,11-14,25H2,1-2H3,(H,26,31);3,5H,1-2H2,(H,4,6). The van der Waals surface area contributed by atoms with Crippen molar-refractivity contribution >= 4 is 41.3 Å². The summed E-state index contributed by atoms with van der Waals surface area (Å²) in [6.45, 7) is 2.68. The number of anilines is 2. The maximum absolute atomic E-state index is 13.3. The molecule has 12 heteroatoms. The van der Waals surface area contributed by atoms with Gasteiger partial charge in [-0.05, 0) is 43.3 Å². The maximum atomic E-state index is 13.3. The molecule has 1 heterocycles. The topological polar surface area (TPSA) is 157 Å². The number of benzene rings is 2. The van der Waals surface area contributed by atoms with Gasteiger partial charge >= 0.3 is 6.03 Å². The van der Waals surface area contributed by atoms with Gasteiger partial charge in [-0.1, -0.05) is 29.3 Å². The number of rotatable bonds is 10. The molecular weight excluding hydrogens is 514 g/mol. The van der Waals surface area contributed by atoms with Gasteiger partial charge in [0, 0.05) is 49.5 Å². The highest BCUT2D eigenvalue weighted by Crippen LogP contribution is 2.26. The quantitative estimate of drug-likeness (QED) is 0.221. The summed E-state index contributed by atoms with van der Waals surface area (Å²) >= 11 is 5.92. The first-order valence-corrected chi connectivity index (χ1v) is 12.5. The largest absolute Gasteiger partial charge is 0.395 e. The molecule has 208 valence electrons. The lowest BCUT2D eigenvalue weighted by molar-refractivity contribution is -0.121. The Bertz CT molecular complexity index is 1020. The van der Waals surface area contributed by atoms with Crippen LogP contribution in [0.5, 0.6) is 0 Å². The van der Waals surface area contributed by atoms with Gasteiger partial charge in [-0.25, -0.2) is 4.79 Å². The van der Waals surface area contributed by atoms with Gasteiger partial charge in [-0.3, -0.25) is 9.59 Å². The molecule has 2 aromatic rings. The van der Waals surface area contributed by atoms with Crippen molar-refractivity contribution in [3.63, 3.8) is 0 Å². The number of likely N-dealkylation sites (tertiary alicyclic amines) is 1. The van der Waals surface area contributed by atoms with Gasteiger partial charge in [0.05, 0.1) is 25.4 Å². The Balaban J connectivity index is 0.000000757. The molecule has 0 radical (unpaired) electrons. The summed E-state index contributed by atoms with van der Waals surface area (Å²) in [5.74, 6) is -0.217. The summed E-state index contributed by atoms with van der Waals surface area (Å²) in [6.07, 6.45) is -0.319. The van der Waals surface area contributed by atoms with E-state index in [0.717, 1.165) is 11.3 Å². The van der Waals surface area contributed by atoms with E-state index >= 15 is 0 Å². The maximum Gasteiger partial charge on any atom is 0.322 e. The molecule has 3 rings (SSSR count). The third-order valence-corrected chi connectivity index (χ3v) is 6.04. The van der Waals surface area contributed by atoms with Crippen LogP contribution in [0.4, 0.5) is 16.2 Å². The van der Waals surface area contributed by atoms with Crippen LogP contribution in [0.1, 0.15) is 12.0 Å². The average molecular weight is 550 g/mol. The summed E-state index contributed by atoms with van der Waals surface area (Å²) in [6, 6.07) is 13.2. The van der Waals surface area contributed by atoms with Crippen molar-refractivity contribution in [2.45, 2.75) is 31.6 Å². The van der Waals surface area contributed by atoms with E-state index in [1.807, 2.05) is 31.2 Å². The number of aliphatic hydroxyl groups is 2. The Morgan fingerprint density at radius 1 is 1.24 bits per heavy atom. The lowest BCUT2D eigenvalue weighted by Crippen LogP contribution is -2.48. The molecule has 0 aromatic heterocycles. The van der Waals surface area contributed by atoms with Crippen molar-refractivity contribution in [1.82, 2.24) is 10.2 Å². The van der Waals surface area contributed by atoms with E-state index in [4.69, 9.17) is 27.2 Å². The molecule has 1 aliphatic rings. The highest BCUT2D eigenvalue weighted by Gasteiger charge is 2.41. The van der Waals surface area contributed by atoms with E-state index in [2.05, 4.69) is 10.6 Å². The fraction of sp³-hybridized carbons (Fsp3) is 0.423. The second kappa shape index (κ2) is 15.9. The highest BCUT2D eigenvalue weighted by atomic mass is 35.5. The molecule has 38 heavy (non-hydrogen) atoms. The third-order valence-electron chi connectivity index (χ3n) is 5.79. The zero-order valence-corrected chi connectivity index (χ0v) is 22.3. The number of amides is 4. The number of halogens is 1. The summed E-state index contributed by atoms with van der Waals surface area (Å²) in [4.78, 5) is 38.7. The number of hydrogen-bond donors (Lipinski definition) is 5. The normalized spacial score (nSPS) is 17.2. The van der Waals surface area contributed by atoms with Gasteiger partial charge in [0.1, 0.15) is 6.04 Å². The lowest BCUT2D eigenvalue weighted by Gasteiger charge is -2.28. The minimum atomic E-state index is -0.795. The molecule has 1 aliphatic heterocycles. The molecule has 3 unspecified atom stereocenters. The zero-order valence-electron chi connectivity index (χ0n) is 21.5. The van der Waals surface area contributed by atoms with Crippen molar-refractivity contribution < 1.29 is 29.3 Å². The number of nitrogens with two attached hydrogens (primary N) is 1. The second-order valence-corrected chi connectivity index (χ2v) is 9.15. The first-order valence-electron chi connectivity index (χ1n) is 12.1. The van der Waals surface area contributed by atoms with Crippen molar-refractivity contribution in [2.24, 2.45) is 5.73 Å². The number of aryl methyl sites for hydroxylation is 1. The fourth-order valence-electron chi connectivity index (χ4n) is 3.66. The molecule has 1 saturated heterocycles. The summed E-state index contributed by atoms with van der Waals surface area (Å²) < 4.78 is 5.74. The molecule has 3 atom stereocenters. The van der Waals surface area contributed by atoms with Crippen molar-refractivity contribution in [2.75, 3.05) is 50.1 Å². The smallest absolute Gasteiger partial charge is 0.322 e. The Hall–Kier alpha value is -3.22. The van der Waals surface area contributed by atoms with Crippen LogP contribution in [0.25, 0.3) is 0 Å². The van der Waals surface area contributed by atoms with E-state index in [0.29, 0.717) is 30.1 Å². The van der Waals surface area contributed by atoms with Crippen LogP contribution in [0.3, 0.4) is 0 Å². The molecule has 11 nitrogen and oxygen atoms in total. The lowest BCUT2D eigenvalue weighted by atomic mass is 10.1. The van der Waals surface area contributed by atoms with Crippen molar-refractivity contribution in [3.05, 3.63) is 59.1 Å². The molecule has 1 fully saturated rings. The average Bonchev–Trinajstić information content (AvgIpc) is 3.36. The summed E-state index contributed by atoms with van der Waals surface area (Å²) in [5.41, 5.74) is 7.84. The Morgan fingerprint density at radius 3 is 2.45 bits per heavy atom. The van der Waals surface area contributed by atoms with Crippen LogP contribution in [0, 0.1) is 6.92 Å². The third kappa shape index (κ3) is 9.58. The van der Waals surface area contributed by atoms with Gasteiger partial charge in [0.15, 0.2) is 0 Å². The first-order chi connectivity index (χ1) is 18.2. The number of nitrogens with one attached hydrogen (secondary N) is 2. The Labute approximate surface area is 227 Å². The van der Waals surface area contributed by atoms with Crippen LogP contribution in [-0.2, 0) is 14.3 Å². The van der Waals surface area contributed by atoms with E-state index in [-0.39, 0.29) is 32.2 Å². The Kier molecular flexibility index (Phi) is 13.0. The molecule has 0 bridgehead atoms. The molecule has 0 saturated carbocycles. The number of urea groups is 1. The SMILES string of the molecule is Cc1ccc(N(C)C(=O)C2CC(OCC(O)CN)CN2C(=O)Nc2ccc(Cl)cc2)cc1.O=CNCCO. The van der Waals surface area contributed by atoms with E-state index < -0.39 is 24.3 Å². The number of carbonyl (C=O) groups excluding carboxylic acids is 3. The molecule has 0 spiro atoms. The van der Waals surface area contributed by atoms with Gasteiger partial charge < -0.3 is 41.1 Å². The monoisotopic (exact) mass is 549 g/mol. The number of likely N-dealkylation sites (N-methyl/N-ethyl adjacent to an activating group) is 1. The molecule has 4 amide bonds. The van der Waals surface area contributed by atoms with Gasteiger partial charge in [0.25, 0.3) is 0 Å². The van der Waals surface area contributed by atoms with Gasteiger partial charge in [-0.2, -0.15) is 0 Å². The summed E-state index contributed by atoms with van der Waals surface area (Å²) in [7, 11) is 1.69. The predicted octanol–water partition coefficient (Wildman–Crippen LogP) is 1.35. The predicted molar refractivity (Wildman–Crippen MR) is 146 cm³/mol. The molecular formula is C26H36ClN5O6. The molecule has 6 N–H and O–H groups in total. The zero-order chi connectivity index (χ0) is 28.1. The van der Waals surface area contributed by atoms with Gasteiger partial charge in [0.2, 0.25) is 12.3 Å². The van der Waals surface area contributed by atoms with Crippen molar-refractivity contribution in [3.8, 4) is 0 Å². The number of hydrogen-bond acceptors (Lipinski definition) is 7. The number of nitrogens with zero attached hydrogens (tertiary/aromatic N) is 2. The van der Waals surface area contributed by atoms with Crippen LogP contribution >= 0.6 is 11.6 Å². The highest BCUT2D eigenvalue weighted by molar-refractivity contribution is 6.30. The van der Waals surface area contributed by atoms with Gasteiger partial charge in [-0.15, -0.1) is 0 Å². The minimum absolute atomic E-state index is 0.0126. The number of ether oxygens (including phenoxy) is 1. The molecule has 0 aliphatic carbocycles. The van der Waals surface area contributed by atoms with Crippen LogP contribution in [0.15, 0.2) is 48.5 Å². The fourth-order valence-corrected chi connectivity index (χ4v) is 3.79. The number of aliphatic hydroxyl groups excluding tert-OH is 2. The minimum Gasteiger partial charge on any atom is -0.395 e. The Morgan fingerprint density at radius 2 is 1.89 bits per heavy atom. The summed E-state index contributed by atoms with van der Waals surface area (Å²) in [5, 5.41) is 23.3. The second-order valence-electron chi connectivity index (χ2n) is 8.71. The molecule has 2 aromatic carbocycles. The van der Waals surface area contributed by atoms with Crippen LogP contribution in [0.2, 0.25) is 5.02 Å². The van der Waals surface area contributed by atoms with Crippen molar-refractivity contribution in [1.29, 1.82) is 0 Å². The van der Waals surface area contributed by atoms with Crippen LogP contribution in [-0.4, -0.2) is 91.6 Å². The van der Waals surface area contributed by atoms with E-state index in [9.17, 15) is 19.5 Å². The van der Waals surface area contributed by atoms with E-state index in [1.54, 1.807) is 36.2 Å².